The smallest absolute Gasteiger partial charge is 0.206 e. The lowest BCUT2D eigenvalue weighted by atomic mass is 9.84. The van der Waals surface area contributed by atoms with Crippen molar-refractivity contribution in [2.75, 3.05) is 24.5 Å². The fraction of sp³-hybridized carbons (Fsp3) is 0.259. The zero-order valence-corrected chi connectivity index (χ0v) is 96.4. The average Bonchev–Trinajstić information content (AvgIpc) is 1.56. The highest BCUT2D eigenvalue weighted by Crippen LogP contribution is 2.66. The second kappa shape index (κ2) is 38.5. The molecule has 0 fully saturated rings. The van der Waals surface area contributed by atoms with Crippen LogP contribution < -0.4 is 48.2 Å². The lowest BCUT2D eigenvalue weighted by molar-refractivity contribution is 0.484. The van der Waals surface area contributed by atoms with Gasteiger partial charge in [-0.1, -0.05) is 301 Å². The number of benzene rings is 15. The summed E-state index contributed by atoms with van der Waals surface area (Å²) in [4.78, 5) is 12.1. The number of hydrogen-bond donors (Lipinski definition) is 0. The van der Waals surface area contributed by atoms with Crippen LogP contribution in [0.2, 0.25) is 0 Å². The van der Waals surface area contributed by atoms with Gasteiger partial charge >= 0.3 is 0 Å². The van der Waals surface area contributed by atoms with Gasteiger partial charge in [0.15, 0.2) is 46.0 Å². The van der Waals surface area contributed by atoms with Crippen molar-refractivity contribution >= 4 is 190 Å². The Hall–Kier alpha value is -13.9. The first-order valence-electron chi connectivity index (χ1n) is 52.3. The quantitative estimate of drug-likeness (QED) is 0.167. The normalized spacial score (nSPS) is 13.2. The monoisotopic (exact) mass is 2070 g/mol. The summed E-state index contributed by atoms with van der Waals surface area (Å²) >= 11 is 8.89. The number of thiophene rings is 5. The first kappa shape index (κ1) is 102. The van der Waals surface area contributed by atoms with E-state index in [1.165, 1.54) is 190 Å². The Morgan fingerprint density at radius 2 is 0.447 bits per heavy atom. The minimum atomic E-state index is 0.119. The van der Waals surface area contributed by atoms with Gasteiger partial charge in [-0.2, -0.15) is 0 Å². The Bertz CT molecular complexity index is 8580. The van der Waals surface area contributed by atoms with Crippen molar-refractivity contribution in [2.24, 2.45) is 0 Å². The molecule has 5 aliphatic rings. The summed E-state index contributed by atoms with van der Waals surface area (Å²) in [6.07, 6.45) is 0. The fourth-order valence-corrected chi connectivity index (χ4v) is 27.6. The molecule has 0 bridgehead atoms. The van der Waals surface area contributed by atoms with Gasteiger partial charge in [0.1, 0.15) is 26.4 Å². The van der Waals surface area contributed by atoms with Crippen molar-refractivity contribution in [1.29, 1.82) is 0 Å². The van der Waals surface area contributed by atoms with Gasteiger partial charge in [-0.15, -0.1) is 34.0 Å². The summed E-state index contributed by atoms with van der Waals surface area (Å²) in [7, 11) is 0. The van der Waals surface area contributed by atoms with E-state index in [0.717, 1.165) is 111 Å². The lowest BCUT2D eigenvalue weighted by Crippen LogP contribution is -2.18. The van der Waals surface area contributed by atoms with E-state index in [0.29, 0.717) is 0 Å². The molecular weight excluding hydrogens is 1930 g/mol. The highest BCUT2D eigenvalue weighted by Gasteiger charge is 2.41. The Labute approximate surface area is 906 Å². The second-order valence-corrected chi connectivity index (χ2v) is 51.8. The maximum atomic E-state index is 6.46. The Kier molecular flexibility index (Phi) is 26.2. The topological polar surface area (TPSA) is 62.4 Å². The van der Waals surface area contributed by atoms with Crippen molar-refractivity contribution in [2.45, 2.75) is 235 Å². The average molecular weight is 2070 g/mol. The van der Waals surface area contributed by atoms with E-state index in [9.17, 15) is 0 Å². The summed E-state index contributed by atoms with van der Waals surface area (Å²) in [6, 6.07) is 98.3. The van der Waals surface area contributed by atoms with E-state index < -0.39 is 0 Å². The van der Waals surface area contributed by atoms with Crippen LogP contribution in [0.3, 0.4) is 0 Å². The maximum Gasteiger partial charge on any atom is 0.206 e. The van der Waals surface area contributed by atoms with Crippen LogP contribution in [0.5, 0.6) is 56.1 Å². The van der Waals surface area contributed by atoms with Crippen molar-refractivity contribution in [3.05, 3.63) is 384 Å². The van der Waals surface area contributed by atoms with Gasteiger partial charge in [-0.3, -0.25) is 14.7 Å². The molecule has 0 spiro atoms. The molecule has 0 radical (unpaired) electrons. The van der Waals surface area contributed by atoms with Crippen LogP contribution in [0.15, 0.2) is 273 Å². The highest BCUT2D eigenvalue weighted by atomic mass is 32.1. The number of fused-ring (bicyclic) bond motifs is 20. The van der Waals surface area contributed by atoms with Gasteiger partial charge in [0.2, 0.25) is 10.1 Å². The second-order valence-electron chi connectivity index (χ2n) is 46.7. The standard InChI is InChI=1S/5C27H27NOS/c1-16-10-9-11-20-24-26(30-25(16)20)28(21-12-7-8-13-22(21)29-24)23-17(2)14-19(15-18(23)3)27(4,5)6;1-16-11-12-23-20(13-16)25-26(30-23)28(21-9-7-8-10-22(21)29-25)24-17(2)14-19(15-18(24)3)27(4,5)6;1-16-11-12-23-20(13-16)25-26(30-23)29-22-10-8-7-9-21(22)28(25)24-17(2)14-19(15-18(24)3)27(4,5)6;1-16-11-12-20-23(13-16)30-26-25(20)29-22-10-8-7-9-21(22)28(26)24-17(2)14-19(15-18(24)3)27(4,5)6;1-16-11-12-20-23(13-16)30-26-25(20)28(21-9-7-8-10-22(21)29-26)24-17(2)14-19(15-18(24)3)27(4,5)6/h5*7-15H,1-6H3. The van der Waals surface area contributed by atoms with Gasteiger partial charge in [0.05, 0.1) is 56.9 Å². The summed E-state index contributed by atoms with van der Waals surface area (Å²) in [5.41, 5.74) is 40.7. The van der Waals surface area contributed by atoms with Gasteiger partial charge in [0, 0.05) is 50.4 Å². The van der Waals surface area contributed by atoms with Crippen LogP contribution in [-0.4, -0.2) is 0 Å². The van der Waals surface area contributed by atoms with E-state index in [-0.39, 0.29) is 27.1 Å². The van der Waals surface area contributed by atoms with E-state index in [1.807, 2.05) is 53.0 Å². The van der Waals surface area contributed by atoms with Gasteiger partial charge in [-0.25, -0.2) is 0 Å². The number of ether oxygens (including phenoxy) is 5. The molecule has 760 valence electrons. The zero-order chi connectivity index (χ0) is 106. The van der Waals surface area contributed by atoms with Gasteiger partial charge < -0.3 is 33.5 Å². The van der Waals surface area contributed by atoms with E-state index in [1.54, 1.807) is 34.0 Å². The number of rotatable bonds is 5. The summed E-state index contributed by atoms with van der Waals surface area (Å²) in [5.74, 6) is 7.44. The van der Waals surface area contributed by atoms with Crippen LogP contribution in [0.1, 0.15) is 215 Å². The largest absolute Gasteiger partial charge is 0.451 e. The summed E-state index contributed by atoms with van der Waals surface area (Å²) in [5, 5.41) is 11.5. The molecule has 15 heteroatoms. The zero-order valence-electron chi connectivity index (χ0n) is 92.3. The third-order valence-corrected chi connectivity index (χ3v) is 35.1. The molecule has 5 aromatic heterocycles. The number of hydrogen-bond acceptors (Lipinski definition) is 15. The molecule has 20 aromatic rings. The Morgan fingerprint density at radius 1 is 0.187 bits per heavy atom. The minimum absolute atomic E-state index is 0.119. The third-order valence-electron chi connectivity index (χ3n) is 29.5. The van der Waals surface area contributed by atoms with Crippen LogP contribution in [-0.2, 0) is 27.1 Å². The molecule has 10 heterocycles. The number of aryl methyl sites for hydroxylation is 15. The highest BCUT2D eigenvalue weighted by molar-refractivity contribution is 7.25. The molecule has 5 aliphatic heterocycles. The van der Waals surface area contributed by atoms with Gasteiger partial charge in [0.25, 0.3) is 0 Å². The first-order valence-corrected chi connectivity index (χ1v) is 56.4. The summed E-state index contributed by atoms with van der Waals surface area (Å²) < 4.78 is 38.5. The third kappa shape index (κ3) is 18.6. The molecule has 15 aromatic carbocycles. The fourth-order valence-electron chi connectivity index (χ4n) is 21.8. The van der Waals surface area contributed by atoms with Crippen LogP contribution in [0, 0.1) is 104 Å². The first-order chi connectivity index (χ1) is 71.2. The van der Waals surface area contributed by atoms with E-state index in [4.69, 9.17) is 23.7 Å². The Morgan fingerprint density at radius 3 is 0.807 bits per heavy atom. The van der Waals surface area contributed by atoms with Crippen LogP contribution in [0.25, 0.3) is 50.4 Å². The molecule has 0 atom stereocenters. The van der Waals surface area contributed by atoms with Crippen molar-refractivity contribution in [1.82, 2.24) is 0 Å². The van der Waals surface area contributed by atoms with Crippen molar-refractivity contribution in [3.63, 3.8) is 0 Å². The molecule has 25 rings (SSSR count). The van der Waals surface area contributed by atoms with Crippen LogP contribution >= 0.6 is 56.7 Å². The predicted octanol–water partition coefficient (Wildman–Crippen LogP) is 43.5. The number of nitrogens with zero attached hydrogens (tertiary/aromatic N) is 5. The molecule has 0 amide bonds. The van der Waals surface area contributed by atoms with Crippen molar-refractivity contribution in [3.8, 4) is 56.1 Å². The molecule has 0 saturated carbocycles. The van der Waals surface area contributed by atoms with Crippen molar-refractivity contribution < 1.29 is 23.7 Å². The lowest BCUT2D eigenvalue weighted by Gasteiger charge is -2.34. The molecule has 0 saturated heterocycles. The molecular formula is C135H135N5O5S5. The maximum absolute atomic E-state index is 6.46. The minimum Gasteiger partial charge on any atom is -0.451 e. The van der Waals surface area contributed by atoms with E-state index in [2.05, 4.69) is 475 Å². The predicted molar refractivity (Wildman–Crippen MR) is 647 cm³/mol. The Balaban J connectivity index is 0.000000109. The SMILES string of the molecule is Cc1cc(C(C)(C)C)cc(C)c1N1c2ccccc2Oc2c1sc1c(C)cccc21.Cc1ccc2c3c(sc2c1)N(c1c(C)cc(C(C)(C)C)cc1C)c1ccccc1O3.Cc1ccc2c3c(sc2c1)Oc1ccccc1N3c1c(C)cc(C(C)(C)C)cc1C.Cc1ccc2sc3c(c2c1)N(c1c(C)cc(C(C)(C)C)cc1C)c1ccccc1O3.Cc1ccc2sc3c(c2c1)Oc1ccccc1N3c1c(C)cc(C(C)(C)C)cc1C. The van der Waals surface area contributed by atoms with E-state index >= 15 is 0 Å². The molecule has 0 aliphatic carbocycles. The molecule has 150 heavy (non-hydrogen) atoms. The number of para-hydroxylation sites is 10. The summed E-state index contributed by atoms with van der Waals surface area (Å²) in [6.45, 7) is 67.2. The van der Waals surface area contributed by atoms with Gasteiger partial charge in [-0.05, 0) is 340 Å². The number of anilines is 15. The molecule has 10 nitrogen and oxygen atoms in total. The molecule has 0 unspecified atom stereocenters. The van der Waals surface area contributed by atoms with Crippen LogP contribution in [0.4, 0.5) is 83.3 Å². The molecule has 0 N–H and O–H groups in total.